The molecule has 0 aliphatic heterocycles. The molecule has 0 heterocycles. The van der Waals surface area contributed by atoms with E-state index in [1.165, 1.54) is 0 Å². The molecule has 0 unspecified atom stereocenters. The molecule has 0 bridgehead atoms. The second-order valence-electron chi connectivity index (χ2n) is 5.19. The van der Waals surface area contributed by atoms with E-state index in [4.69, 9.17) is 14.2 Å². The molecular weight excluding hydrogens is 338 g/mol. The van der Waals surface area contributed by atoms with Crippen molar-refractivity contribution in [1.29, 1.82) is 0 Å². The van der Waals surface area contributed by atoms with Gasteiger partial charge in [0.25, 0.3) is 5.91 Å². The van der Waals surface area contributed by atoms with Crippen LogP contribution in [0.5, 0.6) is 11.5 Å². The summed E-state index contributed by atoms with van der Waals surface area (Å²) in [5, 5.41) is 2.64. The molecule has 7 nitrogen and oxygen atoms in total. The fraction of sp³-hybridized carbons (Fsp3) is 0.211. The average Bonchev–Trinajstić information content (AvgIpc) is 2.69. The van der Waals surface area contributed by atoms with Gasteiger partial charge in [-0.15, -0.1) is 0 Å². The number of ether oxygens (including phenoxy) is 3. The SMILES string of the molecule is COc1ccccc1CNC(=O)COC(=O)COc1ccccc1C=O. The Morgan fingerprint density at radius 3 is 2.42 bits per heavy atom. The Kier molecular flexibility index (Phi) is 7.17. The number of nitrogens with one attached hydrogen (secondary N) is 1. The molecule has 7 heteroatoms. The first kappa shape index (κ1) is 19.0. The largest absolute Gasteiger partial charge is 0.496 e. The summed E-state index contributed by atoms with van der Waals surface area (Å²) >= 11 is 0. The fourth-order valence-electron chi connectivity index (χ4n) is 2.13. The Labute approximate surface area is 150 Å². The highest BCUT2D eigenvalue weighted by atomic mass is 16.6. The molecule has 26 heavy (non-hydrogen) atoms. The third-order valence-corrected chi connectivity index (χ3v) is 3.42. The Hall–Kier alpha value is -3.35. The van der Waals surface area contributed by atoms with Crippen molar-refractivity contribution in [3.05, 3.63) is 59.7 Å². The van der Waals surface area contributed by atoms with Crippen LogP contribution in [0.4, 0.5) is 0 Å². The molecule has 0 aromatic heterocycles. The smallest absolute Gasteiger partial charge is 0.344 e. The minimum atomic E-state index is -0.710. The standard InChI is InChI=1S/C19H19NO6/c1-24-16-8-4-2-6-14(16)10-20-18(22)12-26-19(23)13-25-17-9-5-3-7-15(17)11-21/h2-9,11H,10,12-13H2,1H3,(H,20,22). The number of aldehydes is 1. The zero-order chi connectivity index (χ0) is 18.8. The third kappa shape index (κ3) is 5.62. The molecule has 0 aliphatic carbocycles. The number of hydrogen-bond donors (Lipinski definition) is 1. The second-order valence-corrected chi connectivity index (χ2v) is 5.19. The van der Waals surface area contributed by atoms with Gasteiger partial charge in [-0.25, -0.2) is 4.79 Å². The van der Waals surface area contributed by atoms with E-state index in [1.807, 2.05) is 18.2 Å². The summed E-state index contributed by atoms with van der Waals surface area (Å²) < 4.78 is 15.3. The molecule has 0 saturated heterocycles. The van der Waals surface area contributed by atoms with Gasteiger partial charge in [0.15, 0.2) is 19.5 Å². The van der Waals surface area contributed by atoms with Crippen molar-refractivity contribution in [1.82, 2.24) is 5.32 Å². The molecular formula is C19H19NO6. The van der Waals surface area contributed by atoms with Crippen LogP contribution in [0, 0.1) is 0 Å². The van der Waals surface area contributed by atoms with Crippen LogP contribution in [0.1, 0.15) is 15.9 Å². The van der Waals surface area contributed by atoms with Gasteiger partial charge in [-0.3, -0.25) is 9.59 Å². The maximum atomic E-state index is 11.8. The maximum absolute atomic E-state index is 11.8. The summed E-state index contributed by atoms with van der Waals surface area (Å²) in [7, 11) is 1.55. The van der Waals surface area contributed by atoms with E-state index in [0.29, 0.717) is 17.6 Å². The van der Waals surface area contributed by atoms with Gasteiger partial charge in [0.1, 0.15) is 11.5 Å². The lowest BCUT2D eigenvalue weighted by Gasteiger charge is -2.10. The monoisotopic (exact) mass is 357 g/mol. The van der Waals surface area contributed by atoms with Crippen molar-refractivity contribution in [3.8, 4) is 11.5 Å². The molecule has 2 aromatic carbocycles. The van der Waals surface area contributed by atoms with Crippen molar-refractivity contribution in [2.75, 3.05) is 20.3 Å². The minimum absolute atomic E-state index is 0.254. The predicted molar refractivity (Wildman–Crippen MR) is 93.1 cm³/mol. The normalized spacial score (nSPS) is 9.88. The molecule has 0 saturated carbocycles. The topological polar surface area (TPSA) is 90.9 Å². The van der Waals surface area contributed by atoms with Crippen LogP contribution in [0.2, 0.25) is 0 Å². The van der Waals surface area contributed by atoms with Crippen LogP contribution < -0.4 is 14.8 Å². The Morgan fingerprint density at radius 2 is 1.69 bits per heavy atom. The summed E-state index contributed by atoms with van der Waals surface area (Å²) in [6.07, 6.45) is 0.631. The van der Waals surface area contributed by atoms with Gasteiger partial charge in [0.05, 0.1) is 12.7 Å². The number of hydrogen-bond acceptors (Lipinski definition) is 6. The average molecular weight is 357 g/mol. The van der Waals surface area contributed by atoms with Crippen molar-refractivity contribution >= 4 is 18.2 Å². The molecule has 136 valence electrons. The lowest BCUT2D eigenvalue weighted by molar-refractivity contribution is -0.150. The Morgan fingerprint density at radius 1 is 1.00 bits per heavy atom. The Bertz CT molecular complexity index is 774. The number of benzene rings is 2. The molecule has 0 aliphatic rings. The number of para-hydroxylation sites is 2. The number of carbonyl (C=O) groups excluding carboxylic acids is 3. The Balaban J connectivity index is 1.73. The summed E-state index contributed by atoms with van der Waals surface area (Å²) in [6, 6.07) is 13.8. The van der Waals surface area contributed by atoms with E-state index in [2.05, 4.69) is 5.32 Å². The van der Waals surface area contributed by atoms with Gasteiger partial charge < -0.3 is 19.5 Å². The van der Waals surface area contributed by atoms with Crippen LogP contribution in [0.25, 0.3) is 0 Å². The van der Waals surface area contributed by atoms with E-state index in [0.717, 1.165) is 5.56 Å². The van der Waals surface area contributed by atoms with E-state index in [-0.39, 0.29) is 12.3 Å². The lowest BCUT2D eigenvalue weighted by atomic mass is 10.2. The van der Waals surface area contributed by atoms with Gasteiger partial charge in [0, 0.05) is 12.1 Å². The van der Waals surface area contributed by atoms with E-state index in [1.54, 1.807) is 37.4 Å². The molecule has 0 fully saturated rings. The number of esters is 1. The number of carbonyl (C=O) groups is 3. The van der Waals surface area contributed by atoms with Crippen LogP contribution in [-0.4, -0.2) is 38.5 Å². The number of amides is 1. The van der Waals surface area contributed by atoms with E-state index >= 15 is 0 Å². The molecule has 2 rings (SSSR count). The van der Waals surface area contributed by atoms with Crippen molar-refractivity contribution in [3.63, 3.8) is 0 Å². The van der Waals surface area contributed by atoms with Gasteiger partial charge in [-0.1, -0.05) is 30.3 Å². The van der Waals surface area contributed by atoms with Crippen molar-refractivity contribution in [2.45, 2.75) is 6.54 Å². The van der Waals surface area contributed by atoms with Crippen molar-refractivity contribution < 1.29 is 28.6 Å². The highest BCUT2D eigenvalue weighted by molar-refractivity contribution is 5.81. The summed E-state index contributed by atoms with van der Waals surface area (Å²) in [6.45, 7) is -0.569. The second kappa shape index (κ2) is 9.83. The maximum Gasteiger partial charge on any atom is 0.344 e. The molecule has 0 spiro atoms. The van der Waals surface area contributed by atoms with E-state index < -0.39 is 25.1 Å². The lowest BCUT2D eigenvalue weighted by Crippen LogP contribution is -2.29. The molecule has 2 aromatic rings. The summed E-state index contributed by atoms with van der Waals surface area (Å²) in [4.78, 5) is 34.3. The van der Waals surface area contributed by atoms with E-state index in [9.17, 15) is 14.4 Å². The molecule has 0 atom stereocenters. The summed E-state index contributed by atoms with van der Waals surface area (Å²) in [5.41, 5.74) is 1.14. The van der Waals surface area contributed by atoms with Gasteiger partial charge in [-0.2, -0.15) is 0 Å². The summed E-state index contributed by atoms with van der Waals surface area (Å²) in [5.74, 6) is -0.220. The minimum Gasteiger partial charge on any atom is -0.496 e. The fourth-order valence-corrected chi connectivity index (χ4v) is 2.13. The van der Waals surface area contributed by atoms with Gasteiger partial charge in [-0.05, 0) is 18.2 Å². The molecule has 1 N–H and O–H groups in total. The van der Waals surface area contributed by atoms with Gasteiger partial charge >= 0.3 is 5.97 Å². The first-order chi connectivity index (χ1) is 12.6. The highest BCUT2D eigenvalue weighted by Gasteiger charge is 2.10. The zero-order valence-corrected chi connectivity index (χ0v) is 14.3. The first-order valence-electron chi connectivity index (χ1n) is 7.85. The highest BCUT2D eigenvalue weighted by Crippen LogP contribution is 2.17. The van der Waals surface area contributed by atoms with Gasteiger partial charge in [0.2, 0.25) is 0 Å². The van der Waals surface area contributed by atoms with Crippen LogP contribution >= 0.6 is 0 Å². The number of rotatable bonds is 9. The predicted octanol–water partition coefficient (Wildman–Crippen LogP) is 1.75. The number of methoxy groups -OCH3 is 1. The van der Waals surface area contributed by atoms with Crippen molar-refractivity contribution in [2.24, 2.45) is 0 Å². The quantitative estimate of drug-likeness (QED) is 0.543. The van der Waals surface area contributed by atoms with Crippen LogP contribution in [0.15, 0.2) is 48.5 Å². The molecule has 0 radical (unpaired) electrons. The molecule has 1 amide bonds. The third-order valence-electron chi connectivity index (χ3n) is 3.42. The first-order valence-corrected chi connectivity index (χ1v) is 7.85. The zero-order valence-electron chi connectivity index (χ0n) is 14.3. The van der Waals surface area contributed by atoms with Crippen LogP contribution in [-0.2, 0) is 20.9 Å². The van der Waals surface area contributed by atoms with Crippen LogP contribution in [0.3, 0.4) is 0 Å².